The van der Waals surface area contributed by atoms with E-state index in [1.54, 1.807) is 20.8 Å². The molecule has 1 fully saturated rings. The van der Waals surface area contributed by atoms with E-state index in [2.05, 4.69) is 20.5 Å². The zero-order valence-corrected chi connectivity index (χ0v) is 13.3. The Hall–Kier alpha value is -2.29. The van der Waals surface area contributed by atoms with Crippen molar-refractivity contribution in [3.63, 3.8) is 0 Å². The quantitative estimate of drug-likeness (QED) is 0.862. The molecular formula is C14H20N4O5. The van der Waals surface area contributed by atoms with Crippen LogP contribution in [0.25, 0.3) is 0 Å². The maximum absolute atomic E-state index is 11.8. The minimum atomic E-state index is -1.20. The van der Waals surface area contributed by atoms with Gasteiger partial charge in [-0.15, -0.1) is 10.2 Å². The Kier molecular flexibility index (Phi) is 5.09. The Morgan fingerprint density at radius 1 is 1.26 bits per heavy atom. The molecule has 1 saturated heterocycles. The molecule has 0 aliphatic carbocycles. The van der Waals surface area contributed by atoms with Crippen LogP contribution in [0.15, 0.2) is 0 Å². The van der Waals surface area contributed by atoms with E-state index < -0.39 is 17.7 Å². The average Bonchev–Trinajstić information content (AvgIpc) is 2.45. The molecule has 1 aromatic rings. The molecule has 126 valence electrons. The Balaban J connectivity index is 2.22. The van der Waals surface area contributed by atoms with Gasteiger partial charge in [0.15, 0.2) is 5.69 Å². The number of carboxylic acid groups (broad SMARTS) is 1. The standard InChI is InChI=1S/C14H20N4O5/c1-14(2,3)23-13(21)16-12-15-9(8-4-6-22-7-5-8)10(11(19)20)17-18-12/h8H,4-7H2,1-3H3,(H,19,20)(H,15,16,18,21). The SMILES string of the molecule is CC(C)(C)OC(=O)Nc1nnc(C(=O)O)c(C2CCOCC2)n1. The fraction of sp³-hybridized carbons (Fsp3) is 0.643. The van der Waals surface area contributed by atoms with Gasteiger partial charge in [0.1, 0.15) is 5.60 Å². The third kappa shape index (κ3) is 4.85. The number of carboxylic acids is 1. The molecule has 9 heteroatoms. The van der Waals surface area contributed by atoms with Gasteiger partial charge in [0.2, 0.25) is 0 Å². The summed E-state index contributed by atoms with van der Waals surface area (Å²) in [7, 11) is 0. The van der Waals surface area contributed by atoms with Crippen molar-refractivity contribution in [2.45, 2.75) is 45.1 Å². The second-order valence-corrected chi connectivity index (χ2v) is 6.19. The van der Waals surface area contributed by atoms with E-state index in [4.69, 9.17) is 9.47 Å². The second kappa shape index (κ2) is 6.86. The van der Waals surface area contributed by atoms with Crippen LogP contribution in [0.4, 0.5) is 10.7 Å². The minimum Gasteiger partial charge on any atom is -0.476 e. The molecule has 0 bridgehead atoms. The van der Waals surface area contributed by atoms with Crippen LogP contribution in [0.1, 0.15) is 55.7 Å². The summed E-state index contributed by atoms with van der Waals surface area (Å²) in [5.41, 5.74) is -0.560. The van der Waals surface area contributed by atoms with Gasteiger partial charge in [-0.25, -0.2) is 14.6 Å². The molecule has 0 saturated carbocycles. The Morgan fingerprint density at radius 3 is 2.48 bits per heavy atom. The summed E-state index contributed by atoms with van der Waals surface area (Å²) in [5.74, 6) is -1.37. The first-order valence-electron chi connectivity index (χ1n) is 7.32. The molecule has 2 rings (SSSR count). The lowest BCUT2D eigenvalue weighted by Gasteiger charge is -2.22. The van der Waals surface area contributed by atoms with Crippen molar-refractivity contribution in [1.29, 1.82) is 0 Å². The van der Waals surface area contributed by atoms with Crippen LogP contribution < -0.4 is 5.32 Å². The molecule has 0 atom stereocenters. The van der Waals surface area contributed by atoms with Gasteiger partial charge in [-0.1, -0.05) is 0 Å². The van der Waals surface area contributed by atoms with Crippen molar-refractivity contribution < 1.29 is 24.2 Å². The molecule has 0 spiro atoms. The summed E-state index contributed by atoms with van der Waals surface area (Å²) in [6.07, 6.45) is 0.565. The van der Waals surface area contributed by atoms with E-state index in [-0.39, 0.29) is 17.6 Å². The zero-order valence-electron chi connectivity index (χ0n) is 13.3. The predicted octanol–water partition coefficient (Wildman–Crippen LogP) is 1.81. The number of aromatic nitrogens is 3. The van der Waals surface area contributed by atoms with Crippen LogP contribution in [0, 0.1) is 0 Å². The van der Waals surface area contributed by atoms with E-state index >= 15 is 0 Å². The van der Waals surface area contributed by atoms with Crippen molar-refractivity contribution in [2.75, 3.05) is 18.5 Å². The van der Waals surface area contributed by atoms with Gasteiger partial charge in [-0.3, -0.25) is 5.32 Å². The Morgan fingerprint density at radius 2 is 1.91 bits per heavy atom. The molecule has 0 radical (unpaired) electrons. The van der Waals surface area contributed by atoms with Gasteiger partial charge in [0.05, 0.1) is 5.69 Å². The number of anilines is 1. The van der Waals surface area contributed by atoms with Crippen molar-refractivity contribution in [3.05, 3.63) is 11.4 Å². The fourth-order valence-corrected chi connectivity index (χ4v) is 2.19. The molecule has 0 aromatic carbocycles. The maximum Gasteiger partial charge on any atom is 0.414 e. The normalized spacial score (nSPS) is 16.0. The van der Waals surface area contributed by atoms with Gasteiger partial charge < -0.3 is 14.6 Å². The number of nitrogens with one attached hydrogen (secondary N) is 1. The third-order valence-corrected chi connectivity index (χ3v) is 3.14. The van der Waals surface area contributed by atoms with Gasteiger partial charge in [-0.05, 0) is 33.6 Å². The number of hydrogen-bond acceptors (Lipinski definition) is 7. The highest BCUT2D eigenvalue weighted by atomic mass is 16.6. The number of ether oxygens (including phenoxy) is 2. The summed E-state index contributed by atoms with van der Waals surface area (Å²) in [6, 6.07) is 0. The van der Waals surface area contributed by atoms with Crippen molar-refractivity contribution >= 4 is 18.0 Å². The number of rotatable bonds is 3. The van der Waals surface area contributed by atoms with Crippen LogP contribution in [0.3, 0.4) is 0 Å². The summed E-state index contributed by atoms with van der Waals surface area (Å²) < 4.78 is 10.4. The van der Waals surface area contributed by atoms with Crippen molar-refractivity contribution in [2.24, 2.45) is 0 Å². The number of aromatic carboxylic acids is 1. The van der Waals surface area contributed by atoms with Crippen LogP contribution in [0.2, 0.25) is 0 Å². The minimum absolute atomic E-state index is 0.0780. The lowest BCUT2D eigenvalue weighted by atomic mass is 9.95. The molecule has 1 aromatic heterocycles. The topological polar surface area (TPSA) is 124 Å². The van der Waals surface area contributed by atoms with Crippen LogP contribution in [0.5, 0.6) is 0 Å². The highest BCUT2D eigenvalue weighted by Gasteiger charge is 2.26. The highest BCUT2D eigenvalue weighted by Crippen LogP contribution is 2.27. The molecule has 0 unspecified atom stereocenters. The molecule has 2 N–H and O–H groups in total. The summed E-state index contributed by atoms with van der Waals surface area (Å²) in [4.78, 5) is 27.2. The van der Waals surface area contributed by atoms with Gasteiger partial charge in [-0.2, -0.15) is 0 Å². The predicted molar refractivity (Wildman–Crippen MR) is 79.4 cm³/mol. The molecule has 2 heterocycles. The molecular weight excluding hydrogens is 304 g/mol. The number of hydrogen-bond donors (Lipinski definition) is 2. The molecule has 9 nitrogen and oxygen atoms in total. The number of carbonyl (C=O) groups excluding carboxylic acids is 1. The lowest BCUT2D eigenvalue weighted by molar-refractivity contribution is 0.0633. The van der Waals surface area contributed by atoms with E-state index in [9.17, 15) is 14.7 Å². The Bertz CT molecular complexity index is 593. The monoisotopic (exact) mass is 324 g/mol. The number of carbonyl (C=O) groups is 2. The van der Waals surface area contributed by atoms with Crippen LogP contribution >= 0.6 is 0 Å². The van der Waals surface area contributed by atoms with E-state index in [1.165, 1.54) is 0 Å². The van der Waals surface area contributed by atoms with E-state index in [0.29, 0.717) is 31.7 Å². The first-order chi connectivity index (χ1) is 10.8. The van der Waals surface area contributed by atoms with Crippen molar-refractivity contribution in [3.8, 4) is 0 Å². The number of nitrogens with zero attached hydrogens (tertiary/aromatic N) is 3. The molecule has 1 aliphatic rings. The molecule has 1 amide bonds. The lowest BCUT2D eigenvalue weighted by Crippen LogP contribution is -2.28. The number of amides is 1. The maximum atomic E-state index is 11.8. The largest absolute Gasteiger partial charge is 0.476 e. The van der Waals surface area contributed by atoms with Crippen LogP contribution in [-0.2, 0) is 9.47 Å². The van der Waals surface area contributed by atoms with Crippen molar-refractivity contribution in [1.82, 2.24) is 15.2 Å². The zero-order chi connectivity index (χ0) is 17.0. The third-order valence-electron chi connectivity index (χ3n) is 3.14. The molecule has 23 heavy (non-hydrogen) atoms. The van der Waals surface area contributed by atoms with E-state index in [0.717, 1.165) is 0 Å². The van der Waals surface area contributed by atoms with E-state index in [1.807, 2.05) is 0 Å². The smallest absolute Gasteiger partial charge is 0.414 e. The summed E-state index contributed by atoms with van der Waals surface area (Å²) in [6.45, 7) is 6.25. The Labute approximate surface area is 133 Å². The highest BCUT2D eigenvalue weighted by molar-refractivity contribution is 5.87. The van der Waals surface area contributed by atoms with Gasteiger partial charge in [0, 0.05) is 19.1 Å². The summed E-state index contributed by atoms with van der Waals surface area (Å²) >= 11 is 0. The first-order valence-corrected chi connectivity index (χ1v) is 7.32. The van der Waals surface area contributed by atoms with Gasteiger partial charge >= 0.3 is 12.1 Å². The first kappa shape index (κ1) is 17.1. The van der Waals surface area contributed by atoms with Crippen LogP contribution in [-0.4, -0.2) is 51.2 Å². The summed E-state index contributed by atoms with van der Waals surface area (Å²) in [5, 5.41) is 18.9. The average molecular weight is 324 g/mol. The fourth-order valence-electron chi connectivity index (χ4n) is 2.19. The second-order valence-electron chi connectivity index (χ2n) is 6.19. The van der Waals surface area contributed by atoms with Gasteiger partial charge in [0.25, 0.3) is 5.95 Å². The molecule has 1 aliphatic heterocycles.